The number of nitrogens with one attached hydrogen (secondary N) is 1. The van der Waals surface area contributed by atoms with Crippen LogP contribution in [0.4, 0.5) is 0 Å². The zero-order valence-electron chi connectivity index (χ0n) is 17.9. The number of benzene rings is 2. The minimum absolute atomic E-state index is 0.0788. The Morgan fingerprint density at radius 1 is 1.00 bits per heavy atom. The normalized spacial score (nSPS) is 11.5. The molecule has 0 aliphatic carbocycles. The number of nitrogens with zero attached hydrogens (tertiary/aromatic N) is 1. The average molecular weight is 421 g/mol. The van der Waals surface area contributed by atoms with Gasteiger partial charge < -0.3 is 19.4 Å². The number of carbonyl (C=O) groups excluding carboxylic acids is 2. The molecule has 0 spiro atoms. The lowest BCUT2D eigenvalue weighted by Gasteiger charge is -2.31. The van der Waals surface area contributed by atoms with Crippen molar-refractivity contribution in [1.29, 1.82) is 0 Å². The summed E-state index contributed by atoms with van der Waals surface area (Å²) in [6.45, 7) is 2.42. The van der Waals surface area contributed by atoms with E-state index in [1.165, 1.54) is 0 Å². The second-order valence-electron chi connectivity index (χ2n) is 7.23. The van der Waals surface area contributed by atoms with Crippen LogP contribution in [0.3, 0.4) is 0 Å². The van der Waals surface area contributed by atoms with Crippen molar-refractivity contribution in [3.05, 3.63) is 89.9 Å². The fourth-order valence-electron chi connectivity index (χ4n) is 3.39. The SMILES string of the molecule is CCC(=O)N(Cc1ccc(OC)cc1)C(Cc1ccccc1)C(=O)NCc1ccco1. The number of amides is 2. The maximum absolute atomic E-state index is 13.2. The Kier molecular flexibility index (Phi) is 7.87. The first-order chi connectivity index (χ1) is 15.1. The highest BCUT2D eigenvalue weighted by molar-refractivity contribution is 5.87. The molecule has 0 radical (unpaired) electrons. The molecule has 2 amide bonds. The number of rotatable bonds is 10. The monoisotopic (exact) mass is 420 g/mol. The average Bonchev–Trinajstić information content (AvgIpc) is 3.34. The van der Waals surface area contributed by atoms with Gasteiger partial charge in [0.05, 0.1) is 19.9 Å². The van der Waals surface area contributed by atoms with E-state index < -0.39 is 6.04 Å². The Bertz CT molecular complexity index is 953. The Balaban J connectivity index is 1.85. The number of hydrogen-bond acceptors (Lipinski definition) is 4. The summed E-state index contributed by atoms with van der Waals surface area (Å²) < 4.78 is 10.5. The van der Waals surface area contributed by atoms with Crippen LogP contribution in [0.15, 0.2) is 77.4 Å². The largest absolute Gasteiger partial charge is 0.497 e. The minimum Gasteiger partial charge on any atom is -0.497 e. The molecular formula is C25H28N2O4. The van der Waals surface area contributed by atoms with Gasteiger partial charge in [-0.15, -0.1) is 0 Å². The molecule has 3 rings (SSSR count). The molecule has 0 saturated heterocycles. The summed E-state index contributed by atoms with van der Waals surface area (Å²) in [5, 5.41) is 2.92. The van der Waals surface area contributed by atoms with Crippen LogP contribution in [-0.4, -0.2) is 29.9 Å². The summed E-state index contributed by atoms with van der Waals surface area (Å²) in [5.74, 6) is 1.12. The Hall–Kier alpha value is -3.54. The van der Waals surface area contributed by atoms with Crippen molar-refractivity contribution < 1.29 is 18.7 Å². The molecule has 2 aromatic carbocycles. The third-order valence-electron chi connectivity index (χ3n) is 5.10. The summed E-state index contributed by atoms with van der Waals surface area (Å²) in [6.07, 6.45) is 2.30. The third kappa shape index (κ3) is 6.22. The van der Waals surface area contributed by atoms with Crippen molar-refractivity contribution in [3.63, 3.8) is 0 Å². The lowest BCUT2D eigenvalue weighted by atomic mass is 10.0. The lowest BCUT2D eigenvalue weighted by molar-refractivity contribution is -0.141. The van der Waals surface area contributed by atoms with Gasteiger partial charge in [-0.05, 0) is 35.4 Å². The fraction of sp³-hybridized carbons (Fsp3) is 0.280. The maximum atomic E-state index is 13.2. The first kappa shape index (κ1) is 22.2. The molecule has 6 heteroatoms. The van der Waals surface area contributed by atoms with Crippen molar-refractivity contribution in [2.24, 2.45) is 0 Å². The number of ether oxygens (including phenoxy) is 1. The van der Waals surface area contributed by atoms with Gasteiger partial charge in [0.1, 0.15) is 17.6 Å². The van der Waals surface area contributed by atoms with Crippen molar-refractivity contribution >= 4 is 11.8 Å². The van der Waals surface area contributed by atoms with E-state index in [1.54, 1.807) is 30.4 Å². The van der Waals surface area contributed by atoms with Gasteiger partial charge in [0, 0.05) is 19.4 Å². The molecule has 1 aromatic heterocycles. The topological polar surface area (TPSA) is 71.8 Å². The summed E-state index contributed by atoms with van der Waals surface area (Å²) in [6, 6.07) is 20.2. The number of carbonyl (C=O) groups is 2. The van der Waals surface area contributed by atoms with Crippen LogP contribution in [0, 0.1) is 0 Å². The fourth-order valence-corrected chi connectivity index (χ4v) is 3.39. The number of methoxy groups -OCH3 is 1. The van der Waals surface area contributed by atoms with Crippen LogP contribution in [0.1, 0.15) is 30.2 Å². The zero-order valence-corrected chi connectivity index (χ0v) is 17.9. The Morgan fingerprint density at radius 2 is 1.74 bits per heavy atom. The van der Waals surface area contributed by atoms with E-state index in [0.717, 1.165) is 16.9 Å². The first-order valence-corrected chi connectivity index (χ1v) is 10.4. The Labute approximate surface area is 182 Å². The van der Waals surface area contributed by atoms with Gasteiger partial charge in [0.15, 0.2) is 0 Å². The quantitative estimate of drug-likeness (QED) is 0.539. The van der Waals surface area contributed by atoms with E-state index in [1.807, 2.05) is 61.5 Å². The molecule has 0 fully saturated rings. The molecule has 0 bridgehead atoms. The van der Waals surface area contributed by atoms with Crippen molar-refractivity contribution in [2.75, 3.05) is 7.11 Å². The highest BCUT2D eigenvalue weighted by atomic mass is 16.5. The summed E-state index contributed by atoms with van der Waals surface area (Å²) in [7, 11) is 1.61. The molecule has 1 heterocycles. The van der Waals surface area contributed by atoms with E-state index in [2.05, 4.69) is 5.32 Å². The van der Waals surface area contributed by atoms with Crippen molar-refractivity contribution in [3.8, 4) is 5.75 Å². The van der Waals surface area contributed by atoms with Crippen LogP contribution in [0.25, 0.3) is 0 Å². The Morgan fingerprint density at radius 3 is 2.35 bits per heavy atom. The molecule has 0 aliphatic rings. The molecule has 0 saturated carbocycles. The van der Waals surface area contributed by atoms with E-state index >= 15 is 0 Å². The van der Waals surface area contributed by atoms with Crippen LogP contribution in [0.5, 0.6) is 5.75 Å². The van der Waals surface area contributed by atoms with Crippen LogP contribution in [-0.2, 0) is 29.1 Å². The third-order valence-corrected chi connectivity index (χ3v) is 5.10. The van der Waals surface area contributed by atoms with Gasteiger partial charge in [0.25, 0.3) is 0 Å². The maximum Gasteiger partial charge on any atom is 0.243 e. The van der Waals surface area contributed by atoms with E-state index in [9.17, 15) is 9.59 Å². The summed E-state index contributed by atoms with van der Waals surface area (Å²) >= 11 is 0. The number of furan rings is 1. The highest BCUT2D eigenvalue weighted by Gasteiger charge is 2.29. The molecule has 162 valence electrons. The molecule has 31 heavy (non-hydrogen) atoms. The van der Waals surface area contributed by atoms with Crippen molar-refractivity contribution in [2.45, 2.75) is 38.9 Å². The molecule has 6 nitrogen and oxygen atoms in total. The molecule has 3 aromatic rings. The van der Waals surface area contributed by atoms with Gasteiger partial charge in [-0.3, -0.25) is 9.59 Å². The standard InChI is InChI=1S/C25H28N2O4/c1-3-24(28)27(18-20-11-13-21(30-2)14-12-20)23(16-19-8-5-4-6-9-19)25(29)26-17-22-10-7-15-31-22/h4-15,23H,3,16-18H2,1-2H3,(H,26,29). The first-order valence-electron chi connectivity index (χ1n) is 10.4. The molecule has 1 unspecified atom stereocenters. The predicted molar refractivity (Wildman–Crippen MR) is 118 cm³/mol. The van der Waals surface area contributed by atoms with Gasteiger partial charge in [-0.25, -0.2) is 0 Å². The van der Waals surface area contributed by atoms with Gasteiger partial charge in [0.2, 0.25) is 11.8 Å². The second-order valence-corrected chi connectivity index (χ2v) is 7.23. The minimum atomic E-state index is -0.646. The summed E-state index contributed by atoms with van der Waals surface area (Å²) in [5.41, 5.74) is 1.92. The van der Waals surface area contributed by atoms with E-state index in [4.69, 9.17) is 9.15 Å². The molecule has 1 N–H and O–H groups in total. The van der Waals surface area contributed by atoms with Crippen molar-refractivity contribution in [1.82, 2.24) is 10.2 Å². The van der Waals surface area contributed by atoms with Crippen LogP contribution >= 0.6 is 0 Å². The van der Waals surface area contributed by atoms with Gasteiger partial charge in [-0.2, -0.15) is 0 Å². The predicted octanol–water partition coefficient (Wildman–Crippen LogP) is 3.95. The summed E-state index contributed by atoms with van der Waals surface area (Å²) in [4.78, 5) is 27.8. The smallest absolute Gasteiger partial charge is 0.243 e. The lowest BCUT2D eigenvalue weighted by Crippen LogP contribution is -2.50. The zero-order chi connectivity index (χ0) is 22.1. The van der Waals surface area contributed by atoms with Crippen LogP contribution < -0.4 is 10.1 Å². The molecular weight excluding hydrogens is 392 g/mol. The van der Waals surface area contributed by atoms with Gasteiger partial charge in [-0.1, -0.05) is 49.4 Å². The van der Waals surface area contributed by atoms with Crippen LogP contribution in [0.2, 0.25) is 0 Å². The van der Waals surface area contributed by atoms with E-state index in [0.29, 0.717) is 25.1 Å². The highest BCUT2D eigenvalue weighted by Crippen LogP contribution is 2.18. The molecule has 1 atom stereocenters. The van der Waals surface area contributed by atoms with Gasteiger partial charge >= 0.3 is 0 Å². The molecule has 0 aliphatic heterocycles. The number of hydrogen-bond donors (Lipinski definition) is 1. The second kappa shape index (κ2) is 11.0. The van der Waals surface area contributed by atoms with E-state index in [-0.39, 0.29) is 18.4 Å².